The Bertz CT molecular complexity index is 1650. The van der Waals surface area contributed by atoms with Crippen LogP contribution in [0.15, 0.2) is 91.1 Å². The number of hydrogen-bond acceptors (Lipinski definition) is 7. The maximum atomic E-state index is 11.5. The molecule has 2 heterocycles. The average molecular weight is 534 g/mol. The van der Waals surface area contributed by atoms with Gasteiger partial charge in [0.15, 0.2) is 5.82 Å². The van der Waals surface area contributed by atoms with E-state index in [9.17, 15) is 4.79 Å². The molecule has 9 heteroatoms. The second-order valence-electron chi connectivity index (χ2n) is 10.0. The van der Waals surface area contributed by atoms with Gasteiger partial charge in [-0.3, -0.25) is 10.3 Å². The minimum Gasteiger partial charge on any atom is -0.444 e. The molecule has 0 atom stereocenters. The number of nitrogens with zero attached hydrogens (tertiary/aromatic N) is 2. The minimum absolute atomic E-state index is 0.221. The third-order valence-electron chi connectivity index (χ3n) is 5.73. The number of fused-ring (bicyclic) bond motifs is 3. The van der Waals surface area contributed by atoms with Gasteiger partial charge < -0.3 is 20.5 Å². The van der Waals surface area contributed by atoms with Crippen LogP contribution in [0.4, 0.5) is 16.3 Å². The van der Waals surface area contributed by atoms with E-state index < -0.39 is 18.8 Å². The molecular weight excluding hydrogens is 503 g/mol. The highest BCUT2D eigenvalue weighted by Crippen LogP contribution is 2.27. The van der Waals surface area contributed by atoms with Crippen molar-refractivity contribution in [3.8, 4) is 0 Å². The number of amides is 1. The molecule has 2 aromatic heterocycles. The number of nitrogen functional groups attached to an aromatic ring is 1. The molecule has 202 valence electrons. The van der Waals surface area contributed by atoms with Crippen molar-refractivity contribution in [1.82, 2.24) is 9.97 Å². The maximum absolute atomic E-state index is 11.5. The van der Waals surface area contributed by atoms with Crippen molar-refractivity contribution >= 4 is 64.1 Å². The molecule has 0 saturated carbocycles. The molecule has 1 amide bonds. The van der Waals surface area contributed by atoms with Crippen molar-refractivity contribution < 1.29 is 19.6 Å². The number of rotatable bonds is 4. The number of nitrogens with two attached hydrogens (primary N) is 1. The van der Waals surface area contributed by atoms with Crippen LogP contribution in [0.3, 0.4) is 0 Å². The second kappa shape index (κ2) is 12.4. The number of carbonyl (C=O) groups excluding carboxylic acids is 1. The van der Waals surface area contributed by atoms with Crippen molar-refractivity contribution in [3.63, 3.8) is 0 Å². The van der Waals surface area contributed by atoms with Gasteiger partial charge in [0.25, 0.3) is 0 Å². The molecule has 0 unspecified atom stereocenters. The summed E-state index contributed by atoms with van der Waals surface area (Å²) in [4.78, 5) is 20.4. The molecule has 0 fully saturated rings. The monoisotopic (exact) mass is 534 g/mol. The summed E-state index contributed by atoms with van der Waals surface area (Å²) in [6.07, 6.45) is 5.34. The van der Waals surface area contributed by atoms with E-state index in [4.69, 9.17) is 20.5 Å². The lowest BCUT2D eigenvalue weighted by Gasteiger charge is -2.20. The van der Waals surface area contributed by atoms with Crippen LogP contribution in [0.5, 0.6) is 0 Å². The minimum atomic E-state index is -1.64. The van der Waals surface area contributed by atoms with E-state index in [0.717, 1.165) is 32.9 Å². The quantitative estimate of drug-likeness (QED) is 0.183. The first-order valence-corrected chi connectivity index (χ1v) is 12.7. The zero-order valence-electron chi connectivity index (χ0n) is 22.6. The smallest absolute Gasteiger partial charge is 0.444 e. The van der Waals surface area contributed by atoms with Crippen LogP contribution >= 0.6 is 0 Å². The first kappa shape index (κ1) is 28.3. The molecule has 40 heavy (non-hydrogen) atoms. The highest BCUT2D eigenvalue weighted by Gasteiger charge is 2.20. The Morgan fingerprint density at radius 3 is 2.27 bits per heavy atom. The standard InChI is InChI=1S/C20H15N3.C11H16BNO4/c21-20-19-17(16-8-4-5-9-18(16)23-20)12-15(13-22-19)11-10-14-6-2-1-3-7-14;1-11(2,3)17-10(14)13-9-7-5-4-6-8(9)12(15)16/h1-13H,(H2,21,23);4-7,15-16H,1-3H3,(H,13,14)/b11-10+;. The van der Waals surface area contributed by atoms with Gasteiger partial charge in [0.1, 0.15) is 11.1 Å². The summed E-state index contributed by atoms with van der Waals surface area (Å²) < 4.78 is 5.06. The van der Waals surface area contributed by atoms with Gasteiger partial charge in [-0.25, -0.2) is 9.78 Å². The molecule has 5 aromatic rings. The normalized spacial score (nSPS) is 11.2. The number of aromatic nitrogens is 2. The number of hydrogen-bond donors (Lipinski definition) is 4. The second-order valence-corrected chi connectivity index (χ2v) is 10.0. The molecule has 0 bridgehead atoms. The van der Waals surface area contributed by atoms with Crippen LogP contribution in [0.1, 0.15) is 31.9 Å². The summed E-state index contributed by atoms with van der Waals surface area (Å²) in [6, 6.07) is 26.7. The molecule has 0 aliphatic carbocycles. The lowest BCUT2D eigenvalue weighted by atomic mass is 9.79. The first-order valence-electron chi connectivity index (χ1n) is 12.7. The summed E-state index contributed by atoms with van der Waals surface area (Å²) in [7, 11) is -1.64. The number of ether oxygens (including phenoxy) is 1. The van der Waals surface area contributed by atoms with Crippen molar-refractivity contribution in [1.29, 1.82) is 0 Å². The van der Waals surface area contributed by atoms with Crippen LogP contribution in [0.2, 0.25) is 0 Å². The van der Waals surface area contributed by atoms with Gasteiger partial charge in [0, 0.05) is 28.1 Å². The van der Waals surface area contributed by atoms with Crippen molar-refractivity contribution in [3.05, 3.63) is 102 Å². The number of para-hydroxylation sites is 2. The van der Waals surface area contributed by atoms with E-state index in [-0.39, 0.29) is 5.46 Å². The van der Waals surface area contributed by atoms with Gasteiger partial charge in [-0.15, -0.1) is 0 Å². The average Bonchev–Trinajstić information content (AvgIpc) is 2.92. The topological polar surface area (TPSA) is 131 Å². The van der Waals surface area contributed by atoms with Crippen LogP contribution in [0.25, 0.3) is 34.0 Å². The van der Waals surface area contributed by atoms with Gasteiger partial charge in [0.05, 0.1) is 5.52 Å². The zero-order valence-corrected chi connectivity index (χ0v) is 22.6. The molecular formula is C31H31BN4O4. The first-order chi connectivity index (χ1) is 19.1. The van der Waals surface area contributed by atoms with Crippen LogP contribution in [-0.4, -0.2) is 38.8 Å². The molecule has 0 aliphatic heterocycles. The SMILES string of the molecule is CC(C)(C)OC(=O)Nc1ccccc1B(O)O.Nc1nc2ccccc2c2cc(/C=C/c3ccccc3)cnc12. The zero-order chi connectivity index (χ0) is 28.7. The fraction of sp³-hybridized carbons (Fsp3) is 0.129. The third-order valence-corrected chi connectivity index (χ3v) is 5.73. The molecule has 0 aliphatic rings. The maximum Gasteiger partial charge on any atom is 0.490 e. The fourth-order valence-electron chi connectivity index (χ4n) is 3.97. The third kappa shape index (κ3) is 7.44. The predicted molar refractivity (Wildman–Crippen MR) is 163 cm³/mol. The molecule has 0 radical (unpaired) electrons. The number of benzene rings is 3. The lowest BCUT2D eigenvalue weighted by Crippen LogP contribution is -2.35. The summed E-state index contributed by atoms with van der Waals surface area (Å²) in [6.45, 7) is 5.25. The van der Waals surface area contributed by atoms with Crippen LogP contribution < -0.4 is 16.5 Å². The van der Waals surface area contributed by atoms with Gasteiger partial charge in [-0.05, 0) is 50.1 Å². The Balaban J connectivity index is 0.000000195. The predicted octanol–water partition coefficient (Wildman–Crippen LogP) is 5.25. The number of pyridine rings is 2. The lowest BCUT2D eigenvalue weighted by molar-refractivity contribution is 0.0636. The van der Waals surface area contributed by atoms with E-state index in [2.05, 4.69) is 51.7 Å². The molecule has 0 spiro atoms. The van der Waals surface area contributed by atoms with Crippen molar-refractivity contribution in [2.75, 3.05) is 11.1 Å². The summed E-state index contributed by atoms with van der Waals surface area (Å²) >= 11 is 0. The van der Waals surface area contributed by atoms with E-state index in [1.807, 2.05) is 42.6 Å². The van der Waals surface area contributed by atoms with Gasteiger partial charge in [0.2, 0.25) is 0 Å². The van der Waals surface area contributed by atoms with E-state index in [1.54, 1.807) is 39.0 Å². The van der Waals surface area contributed by atoms with E-state index >= 15 is 0 Å². The van der Waals surface area contributed by atoms with Gasteiger partial charge >= 0.3 is 13.2 Å². The molecule has 0 saturated heterocycles. The molecule has 5 rings (SSSR count). The summed E-state index contributed by atoms with van der Waals surface area (Å²) in [5.74, 6) is 0.470. The Hall–Kier alpha value is -4.73. The molecule has 5 N–H and O–H groups in total. The fourth-order valence-corrected chi connectivity index (χ4v) is 3.97. The largest absolute Gasteiger partial charge is 0.490 e. The summed E-state index contributed by atoms with van der Waals surface area (Å²) in [5, 5.41) is 22.8. The Morgan fingerprint density at radius 2 is 1.55 bits per heavy atom. The van der Waals surface area contributed by atoms with Crippen LogP contribution in [0, 0.1) is 0 Å². The summed E-state index contributed by atoms with van der Waals surface area (Å²) in [5.41, 5.74) is 9.82. The highest BCUT2D eigenvalue weighted by molar-refractivity contribution is 6.60. The van der Waals surface area contributed by atoms with Crippen molar-refractivity contribution in [2.24, 2.45) is 0 Å². The Morgan fingerprint density at radius 1 is 0.900 bits per heavy atom. The number of carbonyl (C=O) groups is 1. The number of nitrogens with one attached hydrogen (secondary N) is 1. The van der Waals surface area contributed by atoms with Gasteiger partial charge in [-0.1, -0.05) is 78.9 Å². The van der Waals surface area contributed by atoms with Gasteiger partial charge in [-0.2, -0.15) is 0 Å². The molecule has 3 aromatic carbocycles. The van der Waals surface area contributed by atoms with E-state index in [0.29, 0.717) is 11.5 Å². The van der Waals surface area contributed by atoms with E-state index in [1.165, 1.54) is 6.07 Å². The van der Waals surface area contributed by atoms with Crippen molar-refractivity contribution in [2.45, 2.75) is 26.4 Å². The Kier molecular flexibility index (Phi) is 8.78. The Labute approximate surface area is 233 Å². The highest BCUT2D eigenvalue weighted by atomic mass is 16.6. The van der Waals surface area contributed by atoms with Crippen LogP contribution in [-0.2, 0) is 4.74 Å². The number of anilines is 2. The molecule has 8 nitrogen and oxygen atoms in total.